The summed E-state index contributed by atoms with van der Waals surface area (Å²) in [5, 5.41) is 18.6. The van der Waals surface area contributed by atoms with Crippen molar-refractivity contribution < 1.29 is 14.4 Å². The molecule has 1 heterocycles. The van der Waals surface area contributed by atoms with Crippen LogP contribution in [0.2, 0.25) is 0 Å². The normalized spacial score (nSPS) is 19.9. The van der Waals surface area contributed by atoms with E-state index in [1.54, 1.807) is 6.07 Å². The van der Waals surface area contributed by atoms with Gasteiger partial charge in [0.15, 0.2) is 0 Å². The van der Waals surface area contributed by atoms with Crippen molar-refractivity contribution in [2.45, 2.75) is 51.7 Å². The summed E-state index contributed by atoms with van der Waals surface area (Å²) in [6.07, 6.45) is 0.940. The fourth-order valence-corrected chi connectivity index (χ4v) is 2.11. The van der Waals surface area contributed by atoms with E-state index in [9.17, 15) is 5.11 Å². The van der Waals surface area contributed by atoms with Gasteiger partial charge in [-0.05, 0) is 51.2 Å². The summed E-state index contributed by atoms with van der Waals surface area (Å²) in [5.74, 6) is 0.187. The number of nitrogens with zero attached hydrogens (tertiary/aromatic N) is 1. The molecular formula is C15H20BNO3. The van der Waals surface area contributed by atoms with Crippen LogP contribution in [-0.2, 0) is 15.7 Å². The Hall–Kier alpha value is -1.51. The molecule has 1 N–H and O–H groups in total. The van der Waals surface area contributed by atoms with Crippen molar-refractivity contribution in [3.05, 3.63) is 23.8 Å². The summed E-state index contributed by atoms with van der Waals surface area (Å²) >= 11 is 0. The van der Waals surface area contributed by atoms with Crippen molar-refractivity contribution in [2.75, 3.05) is 0 Å². The van der Waals surface area contributed by atoms with Crippen LogP contribution in [0.1, 0.15) is 39.7 Å². The molecule has 2 rings (SSSR count). The SMILES string of the molecule is CC1(C)OB(c2ccc(CCC#N)c(O)c2)OC1(C)C. The van der Waals surface area contributed by atoms with E-state index in [1.807, 2.05) is 39.8 Å². The second kappa shape index (κ2) is 5.12. The van der Waals surface area contributed by atoms with Crippen LogP contribution in [0.5, 0.6) is 5.75 Å². The molecule has 0 aliphatic carbocycles. The van der Waals surface area contributed by atoms with E-state index in [0.717, 1.165) is 11.0 Å². The molecule has 0 atom stereocenters. The molecule has 0 saturated carbocycles. The number of aromatic hydroxyl groups is 1. The van der Waals surface area contributed by atoms with Gasteiger partial charge in [-0.15, -0.1) is 0 Å². The molecule has 1 aromatic carbocycles. The molecule has 0 radical (unpaired) electrons. The van der Waals surface area contributed by atoms with Gasteiger partial charge in [0.2, 0.25) is 0 Å². The highest BCUT2D eigenvalue weighted by Crippen LogP contribution is 2.36. The van der Waals surface area contributed by atoms with Crippen molar-refractivity contribution in [3.63, 3.8) is 0 Å². The summed E-state index contributed by atoms with van der Waals surface area (Å²) < 4.78 is 11.9. The number of benzene rings is 1. The zero-order valence-corrected chi connectivity index (χ0v) is 12.4. The molecule has 4 nitrogen and oxygen atoms in total. The number of hydrogen-bond acceptors (Lipinski definition) is 4. The second-order valence-corrected chi connectivity index (χ2v) is 6.13. The topological polar surface area (TPSA) is 62.5 Å². The van der Waals surface area contributed by atoms with Crippen LogP contribution in [0.25, 0.3) is 0 Å². The number of phenols is 1. The molecule has 5 heteroatoms. The smallest absolute Gasteiger partial charge is 0.494 e. The minimum absolute atomic E-state index is 0.187. The highest BCUT2D eigenvalue weighted by Gasteiger charge is 2.51. The third-order valence-corrected chi connectivity index (χ3v) is 4.14. The van der Waals surface area contributed by atoms with Crippen molar-refractivity contribution in [2.24, 2.45) is 0 Å². The first-order chi connectivity index (χ1) is 9.27. The lowest BCUT2D eigenvalue weighted by Crippen LogP contribution is -2.41. The Morgan fingerprint density at radius 2 is 1.80 bits per heavy atom. The van der Waals surface area contributed by atoms with E-state index in [1.165, 1.54) is 0 Å². The maximum atomic E-state index is 10.0. The van der Waals surface area contributed by atoms with E-state index in [4.69, 9.17) is 14.6 Å². The summed E-state index contributed by atoms with van der Waals surface area (Å²) in [6, 6.07) is 7.45. The molecule has 1 aromatic rings. The summed E-state index contributed by atoms with van der Waals surface area (Å²) in [4.78, 5) is 0. The zero-order valence-electron chi connectivity index (χ0n) is 12.4. The van der Waals surface area contributed by atoms with Crippen LogP contribution in [-0.4, -0.2) is 23.4 Å². The molecular weight excluding hydrogens is 253 g/mol. The highest BCUT2D eigenvalue weighted by molar-refractivity contribution is 6.62. The molecule has 0 amide bonds. The molecule has 20 heavy (non-hydrogen) atoms. The van der Waals surface area contributed by atoms with Crippen LogP contribution in [0, 0.1) is 11.3 Å². The average molecular weight is 273 g/mol. The standard InChI is InChI=1S/C15H20BNO3/c1-14(2)15(3,4)20-16(19-14)12-8-7-11(6-5-9-17)13(18)10-12/h7-8,10,18H,5-6H2,1-4H3. The van der Waals surface area contributed by atoms with Crippen molar-refractivity contribution >= 4 is 12.6 Å². The Bertz CT molecular complexity index is 533. The van der Waals surface area contributed by atoms with Crippen LogP contribution in [0.15, 0.2) is 18.2 Å². The Morgan fingerprint density at radius 1 is 1.20 bits per heavy atom. The third kappa shape index (κ3) is 2.67. The summed E-state index contributed by atoms with van der Waals surface area (Å²) in [7, 11) is -0.476. The monoisotopic (exact) mass is 273 g/mol. The third-order valence-electron chi connectivity index (χ3n) is 4.14. The maximum Gasteiger partial charge on any atom is 0.494 e. The molecule has 0 bridgehead atoms. The number of rotatable bonds is 3. The summed E-state index contributed by atoms with van der Waals surface area (Å²) in [5.41, 5.74) is 0.771. The zero-order chi connectivity index (χ0) is 15.0. The first-order valence-corrected chi connectivity index (χ1v) is 6.81. The molecule has 1 fully saturated rings. The maximum absolute atomic E-state index is 10.0. The quantitative estimate of drug-likeness (QED) is 0.857. The molecule has 0 aromatic heterocycles. The van der Waals surface area contributed by atoms with Gasteiger partial charge in [0.25, 0.3) is 0 Å². The van der Waals surface area contributed by atoms with Gasteiger partial charge < -0.3 is 14.4 Å². The Balaban J connectivity index is 2.20. The van der Waals surface area contributed by atoms with Gasteiger partial charge in [0.1, 0.15) is 5.75 Å². The minimum Gasteiger partial charge on any atom is -0.508 e. The molecule has 106 valence electrons. The second-order valence-electron chi connectivity index (χ2n) is 6.13. The molecule has 1 aliphatic rings. The largest absolute Gasteiger partial charge is 0.508 e. The Morgan fingerprint density at radius 3 is 2.30 bits per heavy atom. The van der Waals surface area contributed by atoms with E-state index >= 15 is 0 Å². The highest BCUT2D eigenvalue weighted by atomic mass is 16.7. The average Bonchev–Trinajstić information content (AvgIpc) is 2.57. The fraction of sp³-hybridized carbons (Fsp3) is 0.533. The number of hydrogen-bond donors (Lipinski definition) is 1. The lowest BCUT2D eigenvalue weighted by Gasteiger charge is -2.32. The van der Waals surface area contributed by atoms with Crippen LogP contribution >= 0.6 is 0 Å². The van der Waals surface area contributed by atoms with E-state index < -0.39 is 18.3 Å². The lowest BCUT2D eigenvalue weighted by molar-refractivity contribution is 0.00578. The van der Waals surface area contributed by atoms with Gasteiger partial charge in [-0.3, -0.25) is 0 Å². The van der Waals surface area contributed by atoms with E-state index in [2.05, 4.69) is 6.07 Å². The summed E-state index contributed by atoms with van der Waals surface area (Å²) in [6.45, 7) is 7.98. The Labute approximate surface area is 120 Å². The predicted molar refractivity (Wildman–Crippen MR) is 77.8 cm³/mol. The van der Waals surface area contributed by atoms with Crippen LogP contribution in [0.4, 0.5) is 0 Å². The number of aryl methyl sites for hydroxylation is 1. The molecule has 0 spiro atoms. The van der Waals surface area contributed by atoms with Gasteiger partial charge in [-0.2, -0.15) is 5.26 Å². The van der Waals surface area contributed by atoms with Crippen molar-refractivity contribution in [1.29, 1.82) is 5.26 Å². The van der Waals surface area contributed by atoms with Gasteiger partial charge in [0.05, 0.1) is 17.3 Å². The molecule has 0 unspecified atom stereocenters. The number of nitriles is 1. The van der Waals surface area contributed by atoms with E-state index in [-0.39, 0.29) is 5.75 Å². The van der Waals surface area contributed by atoms with Crippen LogP contribution < -0.4 is 5.46 Å². The van der Waals surface area contributed by atoms with Gasteiger partial charge in [-0.1, -0.05) is 12.1 Å². The van der Waals surface area contributed by atoms with Crippen LogP contribution in [0.3, 0.4) is 0 Å². The van der Waals surface area contributed by atoms with E-state index in [0.29, 0.717) is 12.8 Å². The Kier molecular flexibility index (Phi) is 3.81. The minimum atomic E-state index is -0.476. The van der Waals surface area contributed by atoms with Gasteiger partial charge in [-0.25, -0.2) is 0 Å². The molecule has 1 aliphatic heterocycles. The lowest BCUT2D eigenvalue weighted by atomic mass is 9.78. The first-order valence-electron chi connectivity index (χ1n) is 6.81. The fourth-order valence-electron chi connectivity index (χ4n) is 2.11. The predicted octanol–water partition coefficient (Wildman–Crippen LogP) is 2.15. The van der Waals surface area contributed by atoms with Crippen molar-refractivity contribution in [3.8, 4) is 11.8 Å². The van der Waals surface area contributed by atoms with Gasteiger partial charge >= 0.3 is 7.12 Å². The van der Waals surface area contributed by atoms with Crippen molar-refractivity contribution in [1.82, 2.24) is 0 Å². The molecule has 1 saturated heterocycles. The van der Waals surface area contributed by atoms with Gasteiger partial charge in [0, 0.05) is 6.42 Å². The number of phenolic OH excluding ortho intramolecular Hbond substituents is 1. The first kappa shape index (κ1) is 14.9.